The topological polar surface area (TPSA) is 38.3 Å². The summed E-state index contributed by atoms with van der Waals surface area (Å²) in [5.74, 6) is 0.163. The van der Waals surface area contributed by atoms with Crippen LogP contribution in [0.3, 0.4) is 0 Å². The second kappa shape index (κ2) is 8.08. The summed E-state index contributed by atoms with van der Waals surface area (Å²) >= 11 is 0. The lowest BCUT2D eigenvalue weighted by Gasteiger charge is -2.36. The zero-order valence-electron chi connectivity index (χ0n) is 17.8. The molecule has 3 rings (SSSR count). The van der Waals surface area contributed by atoms with Gasteiger partial charge in [0.15, 0.2) is 0 Å². The Morgan fingerprint density at radius 3 is 1.86 bits per heavy atom. The van der Waals surface area contributed by atoms with Gasteiger partial charge in [0.25, 0.3) is 0 Å². The quantitative estimate of drug-likeness (QED) is 0.704. The van der Waals surface area contributed by atoms with E-state index in [9.17, 15) is 4.79 Å². The highest BCUT2D eigenvalue weighted by molar-refractivity contribution is 5.90. The molecular formula is C25H33NO2. The summed E-state index contributed by atoms with van der Waals surface area (Å²) in [6, 6.07) is 16.4. The second-order valence-corrected chi connectivity index (χ2v) is 9.42. The molecule has 1 N–H and O–H groups in total. The lowest BCUT2D eigenvalue weighted by Crippen LogP contribution is -2.42. The van der Waals surface area contributed by atoms with Gasteiger partial charge in [0, 0.05) is 5.92 Å². The predicted molar refractivity (Wildman–Crippen MR) is 116 cm³/mol. The fraction of sp³-hybridized carbons (Fsp3) is 0.480. The fourth-order valence-electron chi connectivity index (χ4n) is 3.86. The van der Waals surface area contributed by atoms with Crippen LogP contribution in [-0.2, 0) is 10.2 Å². The minimum absolute atomic E-state index is 0.146. The van der Waals surface area contributed by atoms with Gasteiger partial charge in [-0.2, -0.15) is 0 Å². The Morgan fingerprint density at radius 2 is 1.36 bits per heavy atom. The van der Waals surface area contributed by atoms with Crippen LogP contribution in [0.4, 0.5) is 0 Å². The molecule has 0 saturated carbocycles. The molecule has 150 valence electrons. The molecule has 0 spiro atoms. The number of ether oxygens (including phenoxy) is 1. The van der Waals surface area contributed by atoms with Gasteiger partial charge in [-0.3, -0.25) is 0 Å². The van der Waals surface area contributed by atoms with Gasteiger partial charge >= 0.3 is 5.97 Å². The summed E-state index contributed by atoms with van der Waals surface area (Å²) in [6.07, 6.45) is 2.09. The SMILES string of the molecule is CC(C)(C)c1ccc(-c2ccc(C(=O)OC(C)(C)C3CCNCC3)cc2)cc1. The number of benzene rings is 2. The lowest BCUT2D eigenvalue weighted by atomic mass is 9.83. The first-order chi connectivity index (χ1) is 13.2. The smallest absolute Gasteiger partial charge is 0.338 e. The molecule has 1 aliphatic heterocycles. The molecule has 0 aromatic heterocycles. The van der Waals surface area contributed by atoms with Crippen LogP contribution in [0.5, 0.6) is 0 Å². The number of rotatable bonds is 4. The zero-order valence-corrected chi connectivity index (χ0v) is 17.8. The third-order valence-corrected chi connectivity index (χ3v) is 5.88. The van der Waals surface area contributed by atoms with Crippen LogP contribution in [0.1, 0.15) is 63.4 Å². The monoisotopic (exact) mass is 379 g/mol. The van der Waals surface area contributed by atoms with Crippen LogP contribution in [0, 0.1) is 5.92 Å². The van der Waals surface area contributed by atoms with Crippen LogP contribution < -0.4 is 5.32 Å². The summed E-state index contributed by atoms with van der Waals surface area (Å²) in [4.78, 5) is 12.7. The molecule has 2 aromatic rings. The van der Waals surface area contributed by atoms with E-state index in [4.69, 9.17) is 4.74 Å². The highest BCUT2D eigenvalue weighted by atomic mass is 16.6. The summed E-state index contributed by atoms with van der Waals surface area (Å²) in [7, 11) is 0. The Kier molecular flexibility index (Phi) is 5.95. The molecule has 28 heavy (non-hydrogen) atoms. The number of carbonyl (C=O) groups is 1. The highest BCUT2D eigenvalue weighted by Gasteiger charge is 2.34. The van der Waals surface area contributed by atoms with Crippen molar-refractivity contribution in [2.75, 3.05) is 13.1 Å². The molecule has 1 fully saturated rings. The van der Waals surface area contributed by atoms with E-state index in [0.29, 0.717) is 11.5 Å². The van der Waals surface area contributed by atoms with Gasteiger partial charge in [-0.1, -0.05) is 57.2 Å². The third-order valence-electron chi connectivity index (χ3n) is 5.88. The van der Waals surface area contributed by atoms with E-state index in [-0.39, 0.29) is 11.4 Å². The normalized spacial score (nSPS) is 16.0. The number of nitrogens with one attached hydrogen (secondary N) is 1. The lowest BCUT2D eigenvalue weighted by molar-refractivity contribution is -0.0368. The van der Waals surface area contributed by atoms with Gasteiger partial charge in [0.05, 0.1) is 5.56 Å². The molecule has 0 unspecified atom stereocenters. The Morgan fingerprint density at radius 1 is 0.857 bits per heavy atom. The van der Waals surface area contributed by atoms with Crippen molar-refractivity contribution >= 4 is 5.97 Å². The molecule has 1 saturated heterocycles. The minimum Gasteiger partial charge on any atom is -0.456 e. The second-order valence-electron chi connectivity index (χ2n) is 9.42. The van der Waals surface area contributed by atoms with Gasteiger partial charge in [-0.25, -0.2) is 4.79 Å². The Bertz CT molecular complexity index is 792. The van der Waals surface area contributed by atoms with Gasteiger partial charge in [0.1, 0.15) is 5.60 Å². The first kappa shape index (κ1) is 20.6. The number of piperidine rings is 1. The molecule has 0 atom stereocenters. The maximum absolute atomic E-state index is 12.7. The molecule has 3 nitrogen and oxygen atoms in total. The van der Waals surface area contributed by atoms with Crippen molar-refractivity contribution in [1.82, 2.24) is 5.32 Å². The predicted octanol–water partition coefficient (Wildman–Crippen LogP) is 5.59. The first-order valence-corrected chi connectivity index (χ1v) is 10.3. The van der Waals surface area contributed by atoms with E-state index in [1.807, 2.05) is 38.1 Å². The van der Waals surface area contributed by atoms with Crippen molar-refractivity contribution < 1.29 is 9.53 Å². The average molecular weight is 380 g/mol. The summed E-state index contributed by atoms with van der Waals surface area (Å²) in [5, 5.41) is 3.36. The molecule has 0 bridgehead atoms. The fourth-order valence-corrected chi connectivity index (χ4v) is 3.86. The molecule has 1 heterocycles. The largest absolute Gasteiger partial charge is 0.456 e. The van der Waals surface area contributed by atoms with Crippen molar-refractivity contribution in [2.24, 2.45) is 5.92 Å². The van der Waals surface area contributed by atoms with E-state index in [0.717, 1.165) is 37.1 Å². The standard InChI is InChI=1S/C25H33NO2/c1-24(2,3)21-12-10-19(11-13-21)18-6-8-20(9-7-18)23(27)28-25(4,5)22-14-16-26-17-15-22/h6-13,22,26H,14-17H2,1-5H3. The summed E-state index contributed by atoms with van der Waals surface area (Å²) < 4.78 is 5.90. The van der Waals surface area contributed by atoms with Gasteiger partial charge in [0.2, 0.25) is 0 Å². The van der Waals surface area contributed by atoms with E-state index in [2.05, 4.69) is 50.4 Å². The minimum atomic E-state index is -0.444. The first-order valence-electron chi connectivity index (χ1n) is 10.3. The van der Waals surface area contributed by atoms with Crippen LogP contribution in [0.25, 0.3) is 11.1 Å². The van der Waals surface area contributed by atoms with Crippen LogP contribution in [0.2, 0.25) is 0 Å². The highest BCUT2D eigenvalue weighted by Crippen LogP contribution is 2.30. The van der Waals surface area contributed by atoms with Gasteiger partial charge in [-0.15, -0.1) is 0 Å². The van der Waals surface area contributed by atoms with Crippen LogP contribution in [-0.4, -0.2) is 24.7 Å². The van der Waals surface area contributed by atoms with E-state index < -0.39 is 5.60 Å². The number of hydrogen-bond acceptors (Lipinski definition) is 3. The summed E-state index contributed by atoms with van der Waals surface area (Å²) in [6.45, 7) is 12.7. The van der Waals surface area contributed by atoms with E-state index in [1.54, 1.807) is 0 Å². The number of hydrogen-bond donors (Lipinski definition) is 1. The molecule has 0 amide bonds. The number of esters is 1. The molecule has 2 aromatic carbocycles. The molecular weight excluding hydrogens is 346 g/mol. The Hall–Kier alpha value is -2.13. The maximum atomic E-state index is 12.7. The van der Waals surface area contributed by atoms with Crippen LogP contribution in [0.15, 0.2) is 48.5 Å². The van der Waals surface area contributed by atoms with Gasteiger partial charge in [-0.05, 0) is 74.0 Å². The van der Waals surface area contributed by atoms with Crippen molar-refractivity contribution in [1.29, 1.82) is 0 Å². The van der Waals surface area contributed by atoms with E-state index >= 15 is 0 Å². The zero-order chi connectivity index (χ0) is 20.4. The van der Waals surface area contributed by atoms with Gasteiger partial charge < -0.3 is 10.1 Å². The van der Waals surface area contributed by atoms with Crippen molar-refractivity contribution in [3.05, 3.63) is 59.7 Å². The molecule has 0 radical (unpaired) electrons. The Balaban J connectivity index is 1.69. The van der Waals surface area contributed by atoms with Crippen molar-refractivity contribution in [2.45, 2.75) is 58.5 Å². The maximum Gasteiger partial charge on any atom is 0.338 e. The molecule has 3 heteroatoms. The van der Waals surface area contributed by atoms with Crippen molar-refractivity contribution in [3.8, 4) is 11.1 Å². The summed E-state index contributed by atoms with van der Waals surface area (Å²) in [5.41, 5.74) is 3.89. The Labute approximate surface area is 169 Å². The molecule has 1 aliphatic rings. The third kappa shape index (κ3) is 4.82. The number of carbonyl (C=O) groups excluding carboxylic acids is 1. The van der Waals surface area contributed by atoms with E-state index in [1.165, 1.54) is 5.56 Å². The van der Waals surface area contributed by atoms with Crippen molar-refractivity contribution in [3.63, 3.8) is 0 Å². The molecule has 0 aliphatic carbocycles. The van der Waals surface area contributed by atoms with Crippen LogP contribution >= 0.6 is 0 Å². The average Bonchev–Trinajstić information content (AvgIpc) is 2.68.